The van der Waals surface area contributed by atoms with Crippen LogP contribution in [0.3, 0.4) is 0 Å². The predicted octanol–water partition coefficient (Wildman–Crippen LogP) is 2.62. The van der Waals surface area contributed by atoms with Crippen LogP contribution < -0.4 is 31.9 Å². The molecule has 17 heteroatoms. The number of aromatic hydroxyl groups is 1. The lowest BCUT2D eigenvalue weighted by Gasteiger charge is -2.23. The number of nitro groups is 1. The summed E-state index contributed by atoms with van der Waals surface area (Å²) >= 11 is 0. The second-order valence-electron chi connectivity index (χ2n) is 13.8. The van der Waals surface area contributed by atoms with Crippen molar-refractivity contribution in [3.8, 4) is 5.75 Å². The number of nitrogens with one attached hydrogen (secondary N) is 6. The fourth-order valence-corrected chi connectivity index (χ4v) is 4.85. The van der Waals surface area contributed by atoms with Crippen molar-refractivity contribution in [1.82, 2.24) is 21.3 Å². The first-order valence-corrected chi connectivity index (χ1v) is 16.6. The molecule has 3 unspecified atom stereocenters. The molecule has 0 heterocycles. The molecule has 2 aromatic rings. The predicted molar refractivity (Wildman–Crippen MR) is 193 cm³/mol. The molecule has 0 aliphatic heterocycles. The SMILES string of the molecule is CC(C)CC(NC(=O)Cc1ccc(N/C(=C\[N+](=O)[O-])Nc2ccc(O)cc2)cc1)C(=O)NC(CCNCC(NC(=O)CC(C)(C)C)C(=O)O)C(=O)O. The van der Waals surface area contributed by atoms with E-state index in [0.29, 0.717) is 16.9 Å². The maximum Gasteiger partial charge on any atom is 0.327 e. The van der Waals surface area contributed by atoms with Gasteiger partial charge in [-0.2, -0.15) is 0 Å². The van der Waals surface area contributed by atoms with Gasteiger partial charge in [-0.3, -0.25) is 24.5 Å². The smallest absolute Gasteiger partial charge is 0.327 e. The van der Waals surface area contributed by atoms with Gasteiger partial charge in [0.25, 0.3) is 6.20 Å². The zero-order valence-corrected chi connectivity index (χ0v) is 29.9. The molecule has 0 saturated heterocycles. The van der Waals surface area contributed by atoms with Gasteiger partial charge in [0.15, 0.2) is 5.82 Å². The molecule has 0 aliphatic rings. The van der Waals surface area contributed by atoms with Crippen molar-refractivity contribution in [2.24, 2.45) is 11.3 Å². The van der Waals surface area contributed by atoms with Crippen LogP contribution in [0.2, 0.25) is 0 Å². The quantitative estimate of drug-likeness (QED) is 0.0388. The topological polar surface area (TPSA) is 261 Å². The van der Waals surface area contributed by atoms with Crippen LogP contribution in [0.4, 0.5) is 11.4 Å². The fraction of sp³-hybridized carbons (Fsp3) is 0.457. The third-order valence-electron chi connectivity index (χ3n) is 7.23. The Morgan fingerprint density at radius 1 is 0.808 bits per heavy atom. The number of hydrogen-bond donors (Lipinski definition) is 9. The minimum Gasteiger partial charge on any atom is -0.508 e. The number of carboxylic acid groups (broad SMARTS) is 2. The summed E-state index contributed by atoms with van der Waals surface area (Å²) in [7, 11) is 0. The number of anilines is 2. The summed E-state index contributed by atoms with van der Waals surface area (Å²) in [5.41, 5.74) is 1.19. The normalized spacial score (nSPS) is 13.3. The minimum atomic E-state index is -1.34. The highest BCUT2D eigenvalue weighted by Gasteiger charge is 2.28. The van der Waals surface area contributed by atoms with E-state index in [-0.39, 0.29) is 61.7 Å². The minimum absolute atomic E-state index is 0.0123. The van der Waals surface area contributed by atoms with Crippen LogP contribution >= 0.6 is 0 Å². The standard InChI is InChI=1S/C35H49N7O10/c1-21(2)16-27(32(46)41-26(33(47)48)14-15-36-19-28(34(49)50)40-31(45)18-35(3,4)5)39-30(44)17-22-6-8-23(9-7-22)37-29(20-42(51)52)38-24-10-12-25(43)13-11-24/h6-13,20-21,26-28,36-38,43H,14-19H2,1-5H3,(H,39,44)(H,40,45)(H,41,46)(H,47,48)(H,49,50)/b29-20+. The fourth-order valence-electron chi connectivity index (χ4n) is 4.85. The van der Waals surface area contributed by atoms with E-state index in [2.05, 4.69) is 31.9 Å². The molecule has 0 saturated carbocycles. The van der Waals surface area contributed by atoms with Crippen LogP contribution in [-0.2, 0) is 30.4 Å². The molecule has 0 fully saturated rings. The van der Waals surface area contributed by atoms with E-state index in [1.54, 1.807) is 24.3 Å². The molecule has 3 amide bonds. The molecule has 284 valence electrons. The molecule has 0 bridgehead atoms. The van der Waals surface area contributed by atoms with Crippen molar-refractivity contribution >= 4 is 41.0 Å². The van der Waals surface area contributed by atoms with Crippen LogP contribution in [0, 0.1) is 21.4 Å². The summed E-state index contributed by atoms with van der Waals surface area (Å²) < 4.78 is 0. The number of phenols is 1. The lowest BCUT2D eigenvalue weighted by molar-refractivity contribution is -0.403. The van der Waals surface area contributed by atoms with Gasteiger partial charge in [0.1, 0.15) is 23.9 Å². The van der Waals surface area contributed by atoms with E-state index < -0.39 is 52.7 Å². The Morgan fingerprint density at radius 2 is 1.35 bits per heavy atom. The number of carboxylic acids is 2. The number of carbonyl (C=O) groups excluding carboxylic acids is 3. The van der Waals surface area contributed by atoms with Gasteiger partial charge in [0, 0.05) is 24.3 Å². The molecule has 0 aliphatic carbocycles. The van der Waals surface area contributed by atoms with E-state index in [4.69, 9.17) is 0 Å². The number of nitrogens with zero attached hydrogens (tertiary/aromatic N) is 1. The maximum absolute atomic E-state index is 13.2. The largest absolute Gasteiger partial charge is 0.508 e. The van der Waals surface area contributed by atoms with Crippen molar-refractivity contribution in [2.75, 3.05) is 23.7 Å². The summed E-state index contributed by atoms with van der Waals surface area (Å²) in [5.74, 6) is -4.15. The van der Waals surface area contributed by atoms with Crippen LogP contribution in [0.5, 0.6) is 5.75 Å². The highest BCUT2D eigenvalue weighted by molar-refractivity contribution is 5.91. The Kier molecular flexibility index (Phi) is 16.5. The van der Waals surface area contributed by atoms with Crippen molar-refractivity contribution in [1.29, 1.82) is 0 Å². The lowest BCUT2D eigenvalue weighted by atomic mass is 9.92. The van der Waals surface area contributed by atoms with Crippen LogP contribution in [0.15, 0.2) is 60.6 Å². The first-order chi connectivity index (χ1) is 24.3. The van der Waals surface area contributed by atoms with Gasteiger partial charge in [-0.25, -0.2) is 9.59 Å². The molecule has 2 rings (SSSR count). The zero-order valence-electron chi connectivity index (χ0n) is 29.9. The average molecular weight is 728 g/mol. The second-order valence-corrected chi connectivity index (χ2v) is 13.8. The van der Waals surface area contributed by atoms with E-state index >= 15 is 0 Å². The number of hydrogen-bond acceptors (Lipinski definition) is 11. The zero-order chi connectivity index (χ0) is 39.0. The average Bonchev–Trinajstić information content (AvgIpc) is 3.01. The molecule has 0 spiro atoms. The first kappa shape index (κ1) is 42.5. The Hall–Kier alpha value is -5.71. The first-order valence-electron chi connectivity index (χ1n) is 16.6. The van der Waals surface area contributed by atoms with Crippen LogP contribution in [-0.4, -0.2) is 81.1 Å². The highest BCUT2D eigenvalue weighted by atomic mass is 16.6. The van der Waals surface area contributed by atoms with E-state index in [1.807, 2.05) is 34.6 Å². The van der Waals surface area contributed by atoms with Gasteiger partial charge in [-0.05, 0) is 72.7 Å². The molecule has 3 atom stereocenters. The second kappa shape index (κ2) is 20.2. The summed E-state index contributed by atoms with van der Waals surface area (Å²) in [6.07, 6.45) is 0.865. The van der Waals surface area contributed by atoms with Gasteiger partial charge < -0.3 is 47.2 Å². The summed E-state index contributed by atoms with van der Waals surface area (Å²) in [5, 5.41) is 56.0. The Labute approximate surface area is 301 Å². The summed E-state index contributed by atoms with van der Waals surface area (Å²) in [4.78, 5) is 72.5. The molecule has 0 aromatic heterocycles. The monoisotopic (exact) mass is 727 g/mol. The van der Waals surface area contributed by atoms with E-state index in [9.17, 15) is 49.4 Å². The Bertz CT molecular complexity index is 1570. The number of carbonyl (C=O) groups is 5. The van der Waals surface area contributed by atoms with Gasteiger partial charge >= 0.3 is 11.9 Å². The van der Waals surface area contributed by atoms with Crippen molar-refractivity contribution in [3.05, 3.63) is 76.2 Å². The van der Waals surface area contributed by atoms with E-state index in [1.165, 1.54) is 24.3 Å². The summed E-state index contributed by atoms with van der Waals surface area (Å²) in [6.45, 7) is 9.06. The molecular formula is C35H49N7O10. The van der Waals surface area contributed by atoms with Gasteiger partial charge in [-0.15, -0.1) is 0 Å². The Morgan fingerprint density at radius 3 is 1.85 bits per heavy atom. The molecule has 17 nitrogen and oxygen atoms in total. The third kappa shape index (κ3) is 16.8. The summed E-state index contributed by atoms with van der Waals surface area (Å²) in [6, 6.07) is 8.77. The van der Waals surface area contributed by atoms with Crippen LogP contribution in [0.1, 0.15) is 59.4 Å². The molecular weight excluding hydrogens is 678 g/mol. The van der Waals surface area contributed by atoms with Crippen molar-refractivity contribution < 1.29 is 44.2 Å². The maximum atomic E-state index is 13.2. The number of benzene rings is 2. The number of aliphatic carboxylic acids is 2. The molecule has 0 radical (unpaired) electrons. The van der Waals surface area contributed by atoms with Gasteiger partial charge in [-0.1, -0.05) is 46.8 Å². The van der Waals surface area contributed by atoms with Crippen molar-refractivity contribution in [2.45, 2.75) is 78.4 Å². The van der Waals surface area contributed by atoms with Crippen molar-refractivity contribution in [3.63, 3.8) is 0 Å². The Balaban J connectivity index is 1.97. The highest BCUT2D eigenvalue weighted by Crippen LogP contribution is 2.19. The number of rotatable bonds is 21. The molecule has 52 heavy (non-hydrogen) atoms. The number of amides is 3. The number of phenolic OH excluding ortho intramolecular Hbond substituents is 1. The molecule has 2 aromatic carbocycles. The van der Waals surface area contributed by atoms with Gasteiger partial charge in [0.2, 0.25) is 17.7 Å². The van der Waals surface area contributed by atoms with Crippen LogP contribution in [0.25, 0.3) is 0 Å². The lowest BCUT2D eigenvalue weighted by Crippen LogP contribution is -2.53. The van der Waals surface area contributed by atoms with E-state index in [0.717, 1.165) is 6.20 Å². The third-order valence-corrected chi connectivity index (χ3v) is 7.23. The van der Waals surface area contributed by atoms with Gasteiger partial charge in [0.05, 0.1) is 11.3 Å². The molecule has 9 N–H and O–H groups in total.